The molecule has 0 spiro atoms. The van der Waals surface area contributed by atoms with E-state index in [0.717, 1.165) is 30.9 Å². The van der Waals surface area contributed by atoms with Crippen molar-refractivity contribution >= 4 is 29.0 Å². The van der Waals surface area contributed by atoms with Crippen molar-refractivity contribution in [1.82, 2.24) is 4.98 Å². The molecule has 0 saturated heterocycles. The predicted molar refractivity (Wildman–Crippen MR) is 67.0 cm³/mol. The minimum atomic E-state index is 0.451. The van der Waals surface area contributed by atoms with Gasteiger partial charge in [0.05, 0.1) is 5.02 Å². The van der Waals surface area contributed by atoms with E-state index in [1.165, 1.54) is 0 Å². The number of nitrogens with zero attached hydrogens (tertiary/aromatic N) is 2. The molecule has 0 bridgehead atoms. The third kappa shape index (κ3) is 3.25. The molecular formula is C11H16Cl2N2. The van der Waals surface area contributed by atoms with Crippen LogP contribution in [0.4, 0.5) is 5.82 Å². The zero-order chi connectivity index (χ0) is 11.3. The Morgan fingerprint density at radius 3 is 2.60 bits per heavy atom. The third-order valence-electron chi connectivity index (χ3n) is 2.21. The number of hydrogen-bond donors (Lipinski definition) is 0. The molecule has 0 amide bonds. The van der Waals surface area contributed by atoms with Gasteiger partial charge in [0, 0.05) is 25.2 Å². The fourth-order valence-corrected chi connectivity index (χ4v) is 1.91. The molecule has 1 aromatic heterocycles. The van der Waals surface area contributed by atoms with E-state index in [1.54, 1.807) is 6.20 Å². The van der Waals surface area contributed by atoms with Crippen LogP contribution in [0.25, 0.3) is 0 Å². The second-order valence-electron chi connectivity index (χ2n) is 3.36. The first-order valence-corrected chi connectivity index (χ1v) is 6.09. The van der Waals surface area contributed by atoms with Gasteiger partial charge in [-0.3, -0.25) is 0 Å². The molecule has 1 aromatic rings. The van der Waals surface area contributed by atoms with Gasteiger partial charge < -0.3 is 4.90 Å². The molecule has 0 fully saturated rings. The van der Waals surface area contributed by atoms with Crippen LogP contribution >= 0.6 is 23.2 Å². The molecule has 4 heteroatoms. The van der Waals surface area contributed by atoms with E-state index in [0.29, 0.717) is 10.9 Å². The molecule has 0 aliphatic carbocycles. The van der Waals surface area contributed by atoms with Gasteiger partial charge in [0.15, 0.2) is 0 Å². The molecule has 0 aliphatic heterocycles. The topological polar surface area (TPSA) is 16.1 Å². The number of rotatable bonds is 5. The summed E-state index contributed by atoms with van der Waals surface area (Å²) in [5.41, 5.74) is 0.956. The summed E-state index contributed by atoms with van der Waals surface area (Å²) in [5.74, 6) is 1.31. The lowest BCUT2D eigenvalue weighted by atomic mass is 10.3. The van der Waals surface area contributed by atoms with Gasteiger partial charge in [-0.2, -0.15) is 0 Å². The van der Waals surface area contributed by atoms with E-state index >= 15 is 0 Å². The van der Waals surface area contributed by atoms with Crippen molar-refractivity contribution in [2.24, 2.45) is 0 Å². The molecule has 1 rings (SSSR count). The molecule has 15 heavy (non-hydrogen) atoms. The summed E-state index contributed by atoms with van der Waals surface area (Å²) in [6.45, 7) is 6.14. The van der Waals surface area contributed by atoms with E-state index in [-0.39, 0.29) is 0 Å². The molecular weight excluding hydrogens is 231 g/mol. The van der Waals surface area contributed by atoms with Gasteiger partial charge in [0.2, 0.25) is 0 Å². The van der Waals surface area contributed by atoms with Crippen LogP contribution in [0.5, 0.6) is 0 Å². The van der Waals surface area contributed by atoms with Gasteiger partial charge in [-0.1, -0.05) is 18.5 Å². The highest BCUT2D eigenvalue weighted by molar-refractivity contribution is 6.33. The smallest absolute Gasteiger partial charge is 0.147 e. The first-order chi connectivity index (χ1) is 7.22. The standard InChI is InChI=1S/C11H16Cl2N2/c1-3-5-15(4-2)11-10(13)6-9(7-12)8-14-11/h6,8H,3-5,7H2,1-2H3. The molecule has 0 unspecified atom stereocenters. The fourth-order valence-electron chi connectivity index (χ4n) is 1.46. The second kappa shape index (κ2) is 6.19. The van der Waals surface area contributed by atoms with E-state index in [9.17, 15) is 0 Å². The van der Waals surface area contributed by atoms with Gasteiger partial charge in [0.1, 0.15) is 5.82 Å². The second-order valence-corrected chi connectivity index (χ2v) is 4.04. The highest BCUT2D eigenvalue weighted by Gasteiger charge is 2.09. The Bertz CT molecular complexity index is 315. The van der Waals surface area contributed by atoms with Crippen LogP contribution in [0.2, 0.25) is 5.02 Å². The normalized spacial score (nSPS) is 10.4. The Hall–Kier alpha value is -0.470. The largest absolute Gasteiger partial charge is 0.356 e. The maximum absolute atomic E-state index is 6.15. The Labute approximate surface area is 101 Å². The number of alkyl halides is 1. The summed E-state index contributed by atoms with van der Waals surface area (Å²) >= 11 is 11.9. The predicted octanol–water partition coefficient (Wildman–Crippen LogP) is 3.71. The summed E-state index contributed by atoms with van der Waals surface area (Å²) in [6, 6.07) is 1.88. The van der Waals surface area contributed by atoms with Crippen molar-refractivity contribution in [2.45, 2.75) is 26.1 Å². The van der Waals surface area contributed by atoms with Gasteiger partial charge in [-0.05, 0) is 25.0 Å². The Balaban J connectivity index is 2.92. The van der Waals surface area contributed by atoms with Crippen molar-refractivity contribution < 1.29 is 0 Å². The lowest BCUT2D eigenvalue weighted by Gasteiger charge is -2.22. The molecule has 0 aliphatic rings. The van der Waals surface area contributed by atoms with Crippen molar-refractivity contribution in [3.63, 3.8) is 0 Å². The summed E-state index contributed by atoms with van der Waals surface area (Å²) < 4.78 is 0. The molecule has 84 valence electrons. The average Bonchev–Trinajstić information content (AvgIpc) is 2.26. The first-order valence-electron chi connectivity index (χ1n) is 5.18. The van der Waals surface area contributed by atoms with Crippen LogP contribution in [0, 0.1) is 0 Å². The Kier molecular flexibility index (Phi) is 5.20. The van der Waals surface area contributed by atoms with Crippen LogP contribution in [0.1, 0.15) is 25.8 Å². The van der Waals surface area contributed by atoms with Gasteiger partial charge in [0.25, 0.3) is 0 Å². The summed E-state index contributed by atoms with van der Waals surface area (Å²) in [6.07, 6.45) is 2.87. The van der Waals surface area contributed by atoms with E-state index in [1.807, 2.05) is 6.07 Å². The van der Waals surface area contributed by atoms with E-state index in [4.69, 9.17) is 23.2 Å². The number of anilines is 1. The van der Waals surface area contributed by atoms with Gasteiger partial charge in [-0.15, -0.1) is 11.6 Å². The molecule has 0 aromatic carbocycles. The third-order valence-corrected chi connectivity index (χ3v) is 2.79. The molecule has 0 N–H and O–H groups in total. The quantitative estimate of drug-likeness (QED) is 0.737. The number of hydrogen-bond acceptors (Lipinski definition) is 2. The van der Waals surface area contributed by atoms with E-state index < -0.39 is 0 Å². The fraction of sp³-hybridized carbons (Fsp3) is 0.545. The molecule has 0 atom stereocenters. The number of aromatic nitrogens is 1. The minimum Gasteiger partial charge on any atom is -0.356 e. The molecule has 0 radical (unpaired) electrons. The highest BCUT2D eigenvalue weighted by Crippen LogP contribution is 2.24. The van der Waals surface area contributed by atoms with Crippen LogP contribution in [-0.2, 0) is 5.88 Å². The highest BCUT2D eigenvalue weighted by atomic mass is 35.5. The van der Waals surface area contributed by atoms with Crippen LogP contribution in [-0.4, -0.2) is 18.1 Å². The zero-order valence-electron chi connectivity index (χ0n) is 9.13. The number of pyridine rings is 1. The molecule has 1 heterocycles. The summed E-state index contributed by atoms with van der Waals surface area (Å²) in [5, 5.41) is 0.684. The maximum atomic E-state index is 6.15. The van der Waals surface area contributed by atoms with Crippen molar-refractivity contribution in [2.75, 3.05) is 18.0 Å². The summed E-state index contributed by atoms with van der Waals surface area (Å²) in [7, 11) is 0. The molecule has 0 saturated carbocycles. The van der Waals surface area contributed by atoms with Crippen LogP contribution < -0.4 is 4.90 Å². The van der Waals surface area contributed by atoms with Crippen molar-refractivity contribution in [3.8, 4) is 0 Å². The molecule has 2 nitrogen and oxygen atoms in total. The monoisotopic (exact) mass is 246 g/mol. The van der Waals surface area contributed by atoms with Gasteiger partial charge >= 0.3 is 0 Å². The van der Waals surface area contributed by atoms with Crippen molar-refractivity contribution in [1.29, 1.82) is 0 Å². The van der Waals surface area contributed by atoms with Gasteiger partial charge in [-0.25, -0.2) is 4.98 Å². The first kappa shape index (κ1) is 12.6. The Morgan fingerprint density at radius 1 is 1.40 bits per heavy atom. The lowest BCUT2D eigenvalue weighted by Crippen LogP contribution is -2.24. The van der Waals surface area contributed by atoms with Crippen molar-refractivity contribution in [3.05, 3.63) is 22.8 Å². The maximum Gasteiger partial charge on any atom is 0.147 e. The average molecular weight is 247 g/mol. The van der Waals surface area contributed by atoms with Crippen LogP contribution in [0.15, 0.2) is 12.3 Å². The number of halogens is 2. The Morgan fingerprint density at radius 2 is 2.13 bits per heavy atom. The SMILES string of the molecule is CCCN(CC)c1ncc(CCl)cc1Cl. The van der Waals surface area contributed by atoms with E-state index in [2.05, 4.69) is 23.7 Å². The minimum absolute atomic E-state index is 0.451. The summed E-state index contributed by atoms with van der Waals surface area (Å²) in [4.78, 5) is 6.52. The van der Waals surface area contributed by atoms with Crippen LogP contribution in [0.3, 0.4) is 0 Å². The zero-order valence-corrected chi connectivity index (χ0v) is 10.6. The lowest BCUT2D eigenvalue weighted by molar-refractivity contribution is 0.778.